The van der Waals surface area contributed by atoms with Gasteiger partial charge < -0.3 is 19.6 Å². The molecule has 4 rings (SSSR count). The summed E-state index contributed by atoms with van der Waals surface area (Å²) in [6, 6.07) is 13.6. The lowest BCUT2D eigenvalue weighted by atomic mass is 10.1. The van der Waals surface area contributed by atoms with Gasteiger partial charge in [0.1, 0.15) is 12.4 Å². The molecule has 1 N–H and O–H groups in total. The molecule has 1 aliphatic heterocycles. The van der Waals surface area contributed by atoms with Crippen LogP contribution in [0.25, 0.3) is 11.1 Å². The normalized spacial score (nSPS) is 12.8. The largest absolute Gasteiger partial charge is 0.458 e. The SMILES string of the molecule is O=C(OCCON=C1CN(c2ncc(-c3cccc(CO)c3F)cn2)C1)c1ccccc1. The van der Waals surface area contributed by atoms with E-state index < -0.39 is 11.8 Å². The Hall–Kier alpha value is -3.85. The minimum atomic E-state index is -0.476. The van der Waals surface area contributed by atoms with Gasteiger partial charge in [0.25, 0.3) is 0 Å². The van der Waals surface area contributed by atoms with Gasteiger partial charge in [-0.15, -0.1) is 0 Å². The quantitative estimate of drug-likeness (QED) is 0.329. The molecule has 0 amide bonds. The number of nitrogens with zero attached hydrogens (tertiary/aromatic N) is 4. The molecule has 1 fully saturated rings. The first-order chi connectivity index (χ1) is 15.7. The molecule has 0 bridgehead atoms. The predicted octanol–water partition coefficient (Wildman–Crippen LogP) is 2.82. The number of carbonyl (C=O) groups is 1. The van der Waals surface area contributed by atoms with Crippen molar-refractivity contribution in [3.63, 3.8) is 0 Å². The minimum absolute atomic E-state index is 0.104. The Morgan fingerprint density at radius 3 is 2.53 bits per heavy atom. The van der Waals surface area contributed by atoms with Gasteiger partial charge in [-0.25, -0.2) is 19.2 Å². The average molecular weight is 436 g/mol. The second-order valence-corrected chi connectivity index (χ2v) is 7.06. The van der Waals surface area contributed by atoms with E-state index in [-0.39, 0.29) is 25.4 Å². The first-order valence-electron chi connectivity index (χ1n) is 10.0. The smallest absolute Gasteiger partial charge is 0.338 e. The van der Waals surface area contributed by atoms with Crippen molar-refractivity contribution in [2.24, 2.45) is 5.16 Å². The number of ether oxygens (including phenoxy) is 1. The van der Waals surface area contributed by atoms with Crippen LogP contribution in [0.2, 0.25) is 0 Å². The summed E-state index contributed by atoms with van der Waals surface area (Å²) >= 11 is 0. The summed E-state index contributed by atoms with van der Waals surface area (Å²) < 4.78 is 19.5. The number of halogens is 1. The Kier molecular flexibility index (Phi) is 6.66. The van der Waals surface area contributed by atoms with Gasteiger partial charge >= 0.3 is 5.97 Å². The Labute approximate surface area is 183 Å². The van der Waals surface area contributed by atoms with Gasteiger partial charge in [0.05, 0.1) is 31.0 Å². The standard InChI is InChI=1S/C23H21FN4O4/c24-21-17(15-29)7-4-8-20(21)18-11-25-23(26-12-18)28-13-19(14-28)27-32-10-9-31-22(30)16-5-2-1-3-6-16/h1-8,11-12,29H,9-10,13-15H2. The number of esters is 1. The number of anilines is 1. The van der Waals surface area contributed by atoms with E-state index in [0.717, 1.165) is 5.71 Å². The molecule has 9 heteroatoms. The maximum atomic E-state index is 14.4. The lowest BCUT2D eigenvalue weighted by molar-refractivity contribution is 0.0326. The van der Waals surface area contributed by atoms with Crippen LogP contribution in [0.4, 0.5) is 10.3 Å². The molecule has 0 spiro atoms. The molecule has 8 nitrogen and oxygen atoms in total. The summed E-state index contributed by atoms with van der Waals surface area (Å²) in [4.78, 5) is 27.5. The Bertz CT molecular complexity index is 1100. The second kappa shape index (κ2) is 9.97. The molecule has 0 unspecified atom stereocenters. The molecule has 164 valence electrons. The average Bonchev–Trinajstić information content (AvgIpc) is 2.81. The summed E-state index contributed by atoms with van der Waals surface area (Å²) in [5.74, 6) is -0.375. The first kappa shape index (κ1) is 21.4. The van der Waals surface area contributed by atoms with Gasteiger partial charge in [-0.1, -0.05) is 41.6 Å². The number of aliphatic hydroxyl groups excluding tert-OH is 1. The van der Waals surface area contributed by atoms with Gasteiger partial charge in [0, 0.05) is 29.1 Å². The third kappa shape index (κ3) is 4.89. The van der Waals surface area contributed by atoms with E-state index in [2.05, 4.69) is 15.1 Å². The fraction of sp³-hybridized carbons (Fsp3) is 0.217. The molecule has 3 aromatic rings. The van der Waals surface area contributed by atoms with Crippen LogP contribution in [0.5, 0.6) is 0 Å². The highest BCUT2D eigenvalue weighted by Gasteiger charge is 2.25. The highest BCUT2D eigenvalue weighted by molar-refractivity contribution is 5.98. The van der Waals surface area contributed by atoms with Crippen LogP contribution in [0.1, 0.15) is 15.9 Å². The number of benzene rings is 2. The monoisotopic (exact) mass is 436 g/mol. The molecule has 1 aliphatic rings. The van der Waals surface area contributed by atoms with Crippen LogP contribution >= 0.6 is 0 Å². The lowest BCUT2D eigenvalue weighted by Gasteiger charge is -2.31. The summed E-state index contributed by atoms with van der Waals surface area (Å²) in [5, 5.41) is 13.2. The number of aromatic nitrogens is 2. The number of hydrogen-bond donors (Lipinski definition) is 1. The number of carbonyl (C=O) groups excluding carboxylic acids is 1. The number of hydrogen-bond acceptors (Lipinski definition) is 8. The maximum Gasteiger partial charge on any atom is 0.338 e. The van der Waals surface area contributed by atoms with Crippen molar-refractivity contribution in [1.82, 2.24) is 9.97 Å². The Balaban J connectivity index is 1.22. The molecule has 0 aliphatic carbocycles. The molecule has 1 aromatic heterocycles. The Morgan fingerprint density at radius 2 is 1.81 bits per heavy atom. The molecule has 0 radical (unpaired) electrons. The van der Waals surface area contributed by atoms with E-state index in [1.807, 2.05) is 11.0 Å². The van der Waals surface area contributed by atoms with Crippen molar-refractivity contribution in [2.75, 3.05) is 31.2 Å². The van der Waals surface area contributed by atoms with Crippen molar-refractivity contribution in [3.05, 3.63) is 77.9 Å². The van der Waals surface area contributed by atoms with Crippen LogP contribution in [-0.2, 0) is 16.2 Å². The van der Waals surface area contributed by atoms with Crippen LogP contribution in [-0.4, -0.2) is 53.1 Å². The third-order valence-corrected chi connectivity index (χ3v) is 4.84. The zero-order valence-electron chi connectivity index (χ0n) is 17.1. The van der Waals surface area contributed by atoms with E-state index in [9.17, 15) is 14.3 Å². The second-order valence-electron chi connectivity index (χ2n) is 7.06. The van der Waals surface area contributed by atoms with Crippen molar-refractivity contribution in [2.45, 2.75) is 6.61 Å². The van der Waals surface area contributed by atoms with E-state index in [0.29, 0.717) is 35.7 Å². The van der Waals surface area contributed by atoms with Crippen LogP contribution < -0.4 is 4.90 Å². The van der Waals surface area contributed by atoms with Crippen molar-refractivity contribution < 1.29 is 23.9 Å². The van der Waals surface area contributed by atoms with Crippen molar-refractivity contribution in [1.29, 1.82) is 0 Å². The third-order valence-electron chi connectivity index (χ3n) is 4.84. The van der Waals surface area contributed by atoms with Gasteiger partial charge in [-0.05, 0) is 12.1 Å². The van der Waals surface area contributed by atoms with E-state index >= 15 is 0 Å². The minimum Gasteiger partial charge on any atom is -0.458 e. The summed E-state index contributed by atoms with van der Waals surface area (Å²) in [7, 11) is 0. The number of oxime groups is 1. The molecular weight excluding hydrogens is 415 g/mol. The summed E-state index contributed by atoms with van der Waals surface area (Å²) in [5.41, 5.74) is 2.40. The van der Waals surface area contributed by atoms with Crippen LogP contribution in [0.15, 0.2) is 66.1 Å². The fourth-order valence-corrected chi connectivity index (χ4v) is 3.11. The van der Waals surface area contributed by atoms with Gasteiger partial charge in [0.15, 0.2) is 6.61 Å². The topological polar surface area (TPSA) is 97.1 Å². The molecule has 0 saturated carbocycles. The fourth-order valence-electron chi connectivity index (χ4n) is 3.11. The van der Waals surface area contributed by atoms with E-state index in [4.69, 9.17) is 9.57 Å². The number of aliphatic hydroxyl groups is 1. The Morgan fingerprint density at radius 1 is 1.06 bits per heavy atom. The summed E-state index contributed by atoms with van der Waals surface area (Å²) in [6.07, 6.45) is 3.10. The molecule has 2 aromatic carbocycles. The lowest BCUT2D eigenvalue weighted by Crippen LogP contribution is -2.48. The zero-order chi connectivity index (χ0) is 22.3. The zero-order valence-corrected chi connectivity index (χ0v) is 17.1. The molecule has 32 heavy (non-hydrogen) atoms. The summed E-state index contributed by atoms with van der Waals surface area (Å²) in [6.45, 7) is 0.916. The van der Waals surface area contributed by atoms with Crippen molar-refractivity contribution in [3.8, 4) is 11.1 Å². The molecular formula is C23H21FN4O4. The predicted molar refractivity (Wildman–Crippen MR) is 116 cm³/mol. The van der Waals surface area contributed by atoms with Gasteiger partial charge in [-0.3, -0.25) is 0 Å². The molecule has 1 saturated heterocycles. The van der Waals surface area contributed by atoms with Gasteiger partial charge in [0.2, 0.25) is 5.95 Å². The van der Waals surface area contributed by atoms with Crippen molar-refractivity contribution >= 4 is 17.6 Å². The maximum absolute atomic E-state index is 14.4. The van der Waals surface area contributed by atoms with E-state index in [1.54, 1.807) is 48.8 Å². The molecule has 0 atom stereocenters. The highest BCUT2D eigenvalue weighted by Crippen LogP contribution is 2.25. The first-order valence-corrected chi connectivity index (χ1v) is 10.0. The highest BCUT2D eigenvalue weighted by atomic mass is 19.1. The van der Waals surface area contributed by atoms with Gasteiger partial charge in [-0.2, -0.15) is 0 Å². The number of rotatable bonds is 8. The van der Waals surface area contributed by atoms with Crippen LogP contribution in [0, 0.1) is 5.82 Å². The van der Waals surface area contributed by atoms with Crippen LogP contribution in [0.3, 0.4) is 0 Å². The van der Waals surface area contributed by atoms with E-state index in [1.165, 1.54) is 6.07 Å². The molecule has 2 heterocycles.